The quantitative estimate of drug-likeness (QED) is 0.722. The molecule has 88 valence electrons. The number of hydrogen-bond donors (Lipinski definition) is 0. The SMILES string of the molecule is CCSc1cccc(OCc2ccccc2)c1. The molecule has 0 aromatic heterocycles. The van der Waals surface area contributed by atoms with Gasteiger partial charge >= 0.3 is 0 Å². The van der Waals surface area contributed by atoms with Crippen molar-refractivity contribution in [1.82, 2.24) is 0 Å². The van der Waals surface area contributed by atoms with E-state index in [9.17, 15) is 0 Å². The van der Waals surface area contributed by atoms with Gasteiger partial charge in [-0.25, -0.2) is 0 Å². The maximum atomic E-state index is 5.77. The average Bonchev–Trinajstić information content (AvgIpc) is 2.39. The molecule has 0 heterocycles. The topological polar surface area (TPSA) is 9.23 Å². The molecule has 0 N–H and O–H groups in total. The zero-order valence-corrected chi connectivity index (χ0v) is 10.7. The van der Waals surface area contributed by atoms with E-state index in [1.807, 2.05) is 42.1 Å². The fraction of sp³-hybridized carbons (Fsp3) is 0.200. The first kappa shape index (κ1) is 12.1. The van der Waals surface area contributed by atoms with Gasteiger partial charge in [0.05, 0.1) is 0 Å². The molecule has 0 atom stereocenters. The standard InChI is InChI=1S/C15H16OS/c1-2-17-15-10-6-9-14(11-15)16-12-13-7-4-3-5-8-13/h3-11H,2,12H2,1H3. The summed E-state index contributed by atoms with van der Waals surface area (Å²) in [6, 6.07) is 18.5. The Kier molecular flexibility index (Phi) is 4.51. The van der Waals surface area contributed by atoms with Crippen LogP contribution in [0.2, 0.25) is 0 Å². The van der Waals surface area contributed by atoms with Crippen LogP contribution in [0.15, 0.2) is 59.5 Å². The molecule has 2 rings (SSSR count). The average molecular weight is 244 g/mol. The van der Waals surface area contributed by atoms with Gasteiger partial charge in [-0.2, -0.15) is 0 Å². The highest BCUT2D eigenvalue weighted by atomic mass is 32.2. The molecule has 2 heteroatoms. The smallest absolute Gasteiger partial charge is 0.120 e. The van der Waals surface area contributed by atoms with Crippen LogP contribution in [0.4, 0.5) is 0 Å². The minimum Gasteiger partial charge on any atom is -0.489 e. The van der Waals surface area contributed by atoms with Crippen LogP contribution in [0, 0.1) is 0 Å². The van der Waals surface area contributed by atoms with Gasteiger partial charge < -0.3 is 4.74 Å². The van der Waals surface area contributed by atoms with Gasteiger partial charge in [0.1, 0.15) is 12.4 Å². The Morgan fingerprint density at radius 1 is 1.00 bits per heavy atom. The molecule has 1 nitrogen and oxygen atoms in total. The summed E-state index contributed by atoms with van der Waals surface area (Å²) in [5.41, 5.74) is 1.20. The first-order valence-corrected chi connectivity index (χ1v) is 6.76. The third-order valence-electron chi connectivity index (χ3n) is 2.36. The molecule has 0 saturated heterocycles. The summed E-state index contributed by atoms with van der Waals surface area (Å²) in [4.78, 5) is 1.26. The van der Waals surface area contributed by atoms with Gasteiger partial charge in [-0.05, 0) is 29.5 Å². The van der Waals surface area contributed by atoms with E-state index in [0.717, 1.165) is 11.5 Å². The minimum absolute atomic E-state index is 0.626. The van der Waals surface area contributed by atoms with Gasteiger partial charge in [-0.15, -0.1) is 11.8 Å². The second-order valence-electron chi connectivity index (χ2n) is 3.68. The lowest BCUT2D eigenvalue weighted by molar-refractivity contribution is 0.305. The first-order chi connectivity index (χ1) is 8.38. The Labute approximate surface area is 107 Å². The summed E-state index contributed by atoms with van der Waals surface area (Å²) in [6.07, 6.45) is 0. The zero-order valence-electron chi connectivity index (χ0n) is 9.93. The van der Waals surface area contributed by atoms with Crippen molar-refractivity contribution in [2.45, 2.75) is 18.4 Å². The van der Waals surface area contributed by atoms with Crippen molar-refractivity contribution in [2.24, 2.45) is 0 Å². The molecular weight excluding hydrogens is 228 g/mol. The van der Waals surface area contributed by atoms with Crippen molar-refractivity contribution in [1.29, 1.82) is 0 Å². The lowest BCUT2D eigenvalue weighted by Gasteiger charge is -2.07. The fourth-order valence-electron chi connectivity index (χ4n) is 1.56. The van der Waals surface area contributed by atoms with E-state index >= 15 is 0 Å². The lowest BCUT2D eigenvalue weighted by Crippen LogP contribution is -1.94. The Hall–Kier alpha value is -1.41. The Morgan fingerprint density at radius 2 is 1.82 bits per heavy atom. The second-order valence-corrected chi connectivity index (χ2v) is 5.02. The predicted molar refractivity (Wildman–Crippen MR) is 73.6 cm³/mol. The van der Waals surface area contributed by atoms with E-state index in [0.29, 0.717) is 6.61 Å². The van der Waals surface area contributed by atoms with E-state index in [1.54, 1.807) is 0 Å². The third-order valence-corrected chi connectivity index (χ3v) is 3.24. The summed E-state index contributed by atoms with van der Waals surface area (Å²) in [5, 5.41) is 0. The molecule has 0 aliphatic heterocycles. The van der Waals surface area contributed by atoms with Gasteiger partial charge in [-0.3, -0.25) is 0 Å². The Balaban J connectivity index is 1.97. The monoisotopic (exact) mass is 244 g/mol. The molecule has 17 heavy (non-hydrogen) atoms. The summed E-state index contributed by atoms with van der Waals surface area (Å²) in [7, 11) is 0. The molecule has 0 radical (unpaired) electrons. The molecule has 0 unspecified atom stereocenters. The van der Waals surface area contributed by atoms with Gasteiger partial charge in [0.2, 0.25) is 0 Å². The van der Waals surface area contributed by atoms with E-state index in [4.69, 9.17) is 4.74 Å². The van der Waals surface area contributed by atoms with Crippen LogP contribution >= 0.6 is 11.8 Å². The first-order valence-electron chi connectivity index (χ1n) is 5.78. The van der Waals surface area contributed by atoms with E-state index in [-0.39, 0.29) is 0 Å². The molecule has 0 spiro atoms. The zero-order chi connectivity index (χ0) is 11.9. The largest absolute Gasteiger partial charge is 0.489 e. The number of ether oxygens (including phenoxy) is 1. The van der Waals surface area contributed by atoms with Crippen LogP contribution in [0.1, 0.15) is 12.5 Å². The summed E-state index contributed by atoms with van der Waals surface area (Å²) < 4.78 is 5.77. The molecule has 0 aliphatic rings. The van der Waals surface area contributed by atoms with Crippen molar-refractivity contribution < 1.29 is 4.74 Å². The van der Waals surface area contributed by atoms with Gasteiger partial charge in [0.15, 0.2) is 0 Å². The van der Waals surface area contributed by atoms with Crippen molar-refractivity contribution in [3.63, 3.8) is 0 Å². The van der Waals surface area contributed by atoms with E-state index in [2.05, 4.69) is 31.2 Å². The van der Waals surface area contributed by atoms with Crippen molar-refractivity contribution in [2.75, 3.05) is 5.75 Å². The van der Waals surface area contributed by atoms with Gasteiger partial charge in [0.25, 0.3) is 0 Å². The normalized spacial score (nSPS) is 10.2. The van der Waals surface area contributed by atoms with Gasteiger partial charge in [0, 0.05) is 4.90 Å². The molecule has 2 aromatic carbocycles. The summed E-state index contributed by atoms with van der Waals surface area (Å²) >= 11 is 1.83. The highest BCUT2D eigenvalue weighted by Crippen LogP contribution is 2.23. The fourth-order valence-corrected chi connectivity index (χ4v) is 2.27. The van der Waals surface area contributed by atoms with Gasteiger partial charge in [-0.1, -0.05) is 43.3 Å². The lowest BCUT2D eigenvalue weighted by atomic mass is 10.2. The number of rotatable bonds is 5. The van der Waals surface area contributed by atoms with Crippen LogP contribution < -0.4 is 4.74 Å². The molecule has 0 saturated carbocycles. The molecular formula is C15H16OS. The maximum Gasteiger partial charge on any atom is 0.120 e. The number of hydrogen-bond acceptors (Lipinski definition) is 2. The van der Waals surface area contributed by atoms with Crippen molar-refractivity contribution in [3.05, 3.63) is 60.2 Å². The van der Waals surface area contributed by atoms with Crippen LogP contribution in [-0.4, -0.2) is 5.75 Å². The Bertz CT molecular complexity index is 453. The maximum absolute atomic E-state index is 5.77. The van der Waals surface area contributed by atoms with Crippen LogP contribution in [0.25, 0.3) is 0 Å². The van der Waals surface area contributed by atoms with Crippen molar-refractivity contribution >= 4 is 11.8 Å². The molecule has 0 bridgehead atoms. The summed E-state index contributed by atoms with van der Waals surface area (Å²) in [5.74, 6) is 2.02. The van der Waals surface area contributed by atoms with Crippen molar-refractivity contribution in [3.8, 4) is 5.75 Å². The molecule has 0 amide bonds. The minimum atomic E-state index is 0.626. The summed E-state index contributed by atoms with van der Waals surface area (Å²) in [6.45, 7) is 2.78. The molecule has 0 fully saturated rings. The van der Waals surface area contributed by atoms with Crippen LogP contribution in [0.3, 0.4) is 0 Å². The third kappa shape index (κ3) is 3.82. The number of benzene rings is 2. The highest BCUT2D eigenvalue weighted by molar-refractivity contribution is 7.99. The molecule has 0 aliphatic carbocycles. The Morgan fingerprint density at radius 3 is 2.59 bits per heavy atom. The highest BCUT2D eigenvalue weighted by Gasteiger charge is 1.97. The molecule has 2 aromatic rings. The van der Waals surface area contributed by atoms with E-state index < -0.39 is 0 Å². The predicted octanol–water partition coefficient (Wildman–Crippen LogP) is 4.38. The second kappa shape index (κ2) is 6.36. The number of thioether (sulfide) groups is 1. The van der Waals surface area contributed by atoms with Crippen LogP contribution in [-0.2, 0) is 6.61 Å². The van der Waals surface area contributed by atoms with E-state index in [1.165, 1.54) is 10.5 Å². The van der Waals surface area contributed by atoms with Crippen LogP contribution in [0.5, 0.6) is 5.75 Å².